The first-order valence-corrected chi connectivity index (χ1v) is 36.1. The maximum atomic E-state index is 11.4. The predicted molar refractivity (Wildman–Crippen MR) is 377 cm³/mol. The molecule has 1 saturated carbocycles. The second kappa shape index (κ2) is 37.5. The van der Waals surface area contributed by atoms with Gasteiger partial charge in [0.05, 0.1) is 26.4 Å². The lowest BCUT2D eigenvalue weighted by molar-refractivity contribution is -0.189. The van der Waals surface area contributed by atoms with E-state index in [0.29, 0.717) is 52.9 Å². The zero-order valence-corrected chi connectivity index (χ0v) is 59.5. The standard InChI is InChI=1S/C21H30N2O4.C19H28N2O4.C18H26N2O4.C17H24N2O4/c1-17(24)22-11-13-23(14-12-22)18-5-7-19(8-6-18)25-15-20-16-26-21(27-20)9-3-2-4-10-21;1-3-4-19-24-14-18(25-19)13-23-17-7-5-16(6-8-17)21-11-9-20(10-12-21)15(2)22;1-3-18-23-13-17(24-18)12-22-16-6-4-15(5-7-16)20-10-8-19(9-11-20)14(2)21;1-13(20)18-7-9-19(10-8-18)15-3-5-16(6-4-15)22-12-17-11-21-14(2)23-17/h5-8,20H,2-4,9-16H2,1H3;5-8,18-19H,3-4,9-14H2,1-2H3;4-7,17-18H,3,8-13H2,1-2H3;3-6,14,17H,7-12H2,1-2H3. The SMILES string of the molecule is CC(=O)N1CCN(c2ccc(OCC3COC(C)O3)cc2)CC1.CC(=O)N1CCN(c2ccc(OCC3COC4(CCCCC4)O3)cc2)CC1.CCC1OCC(COc2ccc(N3CCN(C(C)=O)CC3)cc2)O1.CCCC1OCC(COc2ccc(N3CCN(C(C)=O)CC3)cc2)O1. The molecule has 8 aliphatic heterocycles. The largest absolute Gasteiger partial charge is 0.491 e. The molecule has 0 aromatic heterocycles. The first-order valence-electron chi connectivity index (χ1n) is 36.1. The van der Waals surface area contributed by atoms with E-state index in [1.54, 1.807) is 27.7 Å². The summed E-state index contributed by atoms with van der Waals surface area (Å²) in [6, 6.07) is 32.5. The van der Waals surface area contributed by atoms with Gasteiger partial charge in [-0.2, -0.15) is 0 Å². The van der Waals surface area contributed by atoms with Gasteiger partial charge in [-0.1, -0.05) is 26.7 Å². The van der Waals surface area contributed by atoms with E-state index < -0.39 is 0 Å². The minimum atomic E-state index is -0.335. The maximum Gasteiger partial charge on any atom is 0.219 e. The maximum absolute atomic E-state index is 11.4. The summed E-state index contributed by atoms with van der Waals surface area (Å²) in [5, 5.41) is 0. The van der Waals surface area contributed by atoms with Gasteiger partial charge in [-0.25, -0.2) is 0 Å². The average Bonchev–Trinajstić information content (AvgIpc) is 1.72. The third kappa shape index (κ3) is 22.7. The van der Waals surface area contributed by atoms with E-state index >= 15 is 0 Å². The molecule has 13 rings (SSSR count). The molecule has 4 aromatic carbocycles. The van der Waals surface area contributed by atoms with Gasteiger partial charge >= 0.3 is 0 Å². The number of hydrogen-bond donors (Lipinski definition) is 0. The zero-order valence-electron chi connectivity index (χ0n) is 59.5. The van der Waals surface area contributed by atoms with Crippen molar-refractivity contribution in [3.05, 3.63) is 97.1 Å². The lowest BCUT2D eigenvalue weighted by atomic mass is 9.94. The summed E-state index contributed by atoms with van der Waals surface area (Å²) in [5.41, 5.74) is 4.66. The number of rotatable bonds is 19. The monoisotopic (exact) mass is 1380 g/mol. The van der Waals surface area contributed by atoms with E-state index in [1.807, 2.05) is 82.0 Å². The Morgan fingerprint density at radius 2 is 0.707 bits per heavy atom. The molecule has 8 heterocycles. The molecule has 9 fully saturated rings. The van der Waals surface area contributed by atoms with Crippen molar-refractivity contribution in [1.82, 2.24) is 19.6 Å². The summed E-state index contributed by atoms with van der Waals surface area (Å²) in [6.07, 6.45) is 8.27. The molecule has 1 aliphatic carbocycles. The molecule has 9 aliphatic rings. The van der Waals surface area contributed by atoms with Crippen LogP contribution in [0.1, 0.15) is 99.8 Å². The number of nitrogens with zero attached hydrogens (tertiary/aromatic N) is 8. The van der Waals surface area contributed by atoms with Gasteiger partial charge in [-0.15, -0.1) is 0 Å². The van der Waals surface area contributed by atoms with Crippen LogP contribution in [-0.4, -0.2) is 250 Å². The molecule has 0 N–H and O–H groups in total. The molecular formula is C75H108N8O16. The van der Waals surface area contributed by atoms with Crippen LogP contribution in [0.2, 0.25) is 0 Å². The van der Waals surface area contributed by atoms with Crippen molar-refractivity contribution in [2.75, 3.05) is 177 Å². The summed E-state index contributed by atoms with van der Waals surface area (Å²) in [5.74, 6) is 3.65. The number of hydrogen-bond acceptors (Lipinski definition) is 20. The Balaban J connectivity index is 0.000000143. The minimum Gasteiger partial charge on any atom is -0.491 e. The number of amides is 4. The quantitative estimate of drug-likeness (QED) is 0.0863. The number of piperazine rings is 4. The van der Waals surface area contributed by atoms with E-state index in [-0.39, 0.29) is 72.7 Å². The van der Waals surface area contributed by atoms with E-state index in [9.17, 15) is 19.2 Å². The molecule has 4 aromatic rings. The van der Waals surface area contributed by atoms with Gasteiger partial charge in [0.1, 0.15) is 73.8 Å². The molecule has 0 bridgehead atoms. The van der Waals surface area contributed by atoms with Crippen molar-refractivity contribution < 1.29 is 76.0 Å². The van der Waals surface area contributed by atoms with Crippen LogP contribution >= 0.6 is 0 Å². The van der Waals surface area contributed by atoms with Crippen LogP contribution in [0, 0.1) is 0 Å². The Hall–Kier alpha value is -7.16. The third-order valence-electron chi connectivity index (χ3n) is 19.4. The summed E-state index contributed by atoms with van der Waals surface area (Å²) in [7, 11) is 0. The van der Waals surface area contributed by atoms with Crippen molar-refractivity contribution in [2.45, 2.75) is 149 Å². The Kier molecular flexibility index (Phi) is 28.2. The van der Waals surface area contributed by atoms with Crippen molar-refractivity contribution in [2.24, 2.45) is 0 Å². The first-order chi connectivity index (χ1) is 48.1. The van der Waals surface area contributed by atoms with Crippen LogP contribution in [0.25, 0.3) is 0 Å². The van der Waals surface area contributed by atoms with E-state index in [2.05, 4.69) is 75.1 Å². The van der Waals surface area contributed by atoms with Crippen molar-refractivity contribution in [3.8, 4) is 23.0 Å². The van der Waals surface area contributed by atoms with Crippen LogP contribution in [0.3, 0.4) is 0 Å². The van der Waals surface area contributed by atoms with Crippen LogP contribution in [0.5, 0.6) is 23.0 Å². The molecule has 1 spiro atoms. The van der Waals surface area contributed by atoms with Crippen LogP contribution in [0.4, 0.5) is 22.7 Å². The molecule has 0 radical (unpaired) electrons. The van der Waals surface area contributed by atoms with Gasteiger partial charge in [-0.3, -0.25) is 19.2 Å². The third-order valence-corrected chi connectivity index (χ3v) is 19.4. The van der Waals surface area contributed by atoms with Gasteiger partial charge < -0.3 is 96.0 Å². The highest BCUT2D eigenvalue weighted by Gasteiger charge is 2.42. The van der Waals surface area contributed by atoms with Gasteiger partial charge in [-0.05, 0) is 130 Å². The highest BCUT2D eigenvalue weighted by atomic mass is 16.8. The number of ether oxygens (including phenoxy) is 12. The van der Waals surface area contributed by atoms with Crippen molar-refractivity contribution in [3.63, 3.8) is 0 Å². The van der Waals surface area contributed by atoms with E-state index in [1.165, 1.54) is 30.6 Å². The predicted octanol–water partition coefficient (Wildman–Crippen LogP) is 8.47. The highest BCUT2D eigenvalue weighted by molar-refractivity contribution is 5.75. The second-order valence-electron chi connectivity index (χ2n) is 26.6. The van der Waals surface area contributed by atoms with Crippen molar-refractivity contribution >= 4 is 46.4 Å². The van der Waals surface area contributed by atoms with Crippen LogP contribution in [-0.2, 0) is 57.1 Å². The van der Waals surface area contributed by atoms with Gasteiger partial charge in [0, 0.05) is 168 Å². The molecule has 7 atom stereocenters. The summed E-state index contributed by atoms with van der Waals surface area (Å²) in [6.45, 7) is 30.2. The molecule has 7 unspecified atom stereocenters. The van der Waals surface area contributed by atoms with Gasteiger partial charge in [0.25, 0.3) is 0 Å². The fourth-order valence-corrected chi connectivity index (χ4v) is 13.4. The lowest BCUT2D eigenvalue weighted by Crippen LogP contribution is -2.48. The lowest BCUT2D eigenvalue weighted by Gasteiger charge is -2.35. The Morgan fingerprint density at radius 3 is 1.01 bits per heavy atom. The highest BCUT2D eigenvalue weighted by Crippen LogP contribution is 2.38. The zero-order chi connectivity index (χ0) is 69.5. The van der Waals surface area contributed by atoms with Crippen LogP contribution in [0.15, 0.2) is 97.1 Å². The first kappa shape index (κ1) is 74.5. The summed E-state index contributed by atoms with van der Waals surface area (Å²) in [4.78, 5) is 62.3. The number of anilines is 4. The normalized spacial score (nSPS) is 24.5. The number of benzene rings is 4. The number of carbonyl (C=O) groups excluding carboxylic acids is 4. The summed E-state index contributed by atoms with van der Waals surface area (Å²) >= 11 is 0. The molecule has 24 heteroatoms. The molecule has 99 heavy (non-hydrogen) atoms. The molecule has 544 valence electrons. The topological polar surface area (TPSA) is 205 Å². The fraction of sp³-hybridized carbons (Fsp3) is 0.627. The summed E-state index contributed by atoms with van der Waals surface area (Å²) < 4.78 is 68.9. The van der Waals surface area contributed by atoms with Crippen LogP contribution < -0.4 is 38.5 Å². The molecular weight excluding hydrogens is 1270 g/mol. The van der Waals surface area contributed by atoms with Gasteiger partial charge in [0.2, 0.25) is 23.6 Å². The Labute approximate surface area is 585 Å². The van der Waals surface area contributed by atoms with Gasteiger partial charge in [0.15, 0.2) is 24.7 Å². The Bertz CT molecular complexity index is 3080. The average molecular weight is 1380 g/mol. The number of carbonyl (C=O) groups is 4. The fourth-order valence-electron chi connectivity index (χ4n) is 13.4. The molecule has 24 nitrogen and oxygen atoms in total. The second-order valence-corrected chi connectivity index (χ2v) is 26.6. The van der Waals surface area contributed by atoms with E-state index in [0.717, 1.165) is 171 Å². The smallest absolute Gasteiger partial charge is 0.219 e. The molecule has 8 saturated heterocycles. The van der Waals surface area contributed by atoms with Crippen molar-refractivity contribution in [1.29, 1.82) is 0 Å². The minimum absolute atomic E-state index is 0.00401. The Morgan fingerprint density at radius 1 is 0.394 bits per heavy atom. The van der Waals surface area contributed by atoms with E-state index in [4.69, 9.17) is 56.8 Å². The molecule has 4 amide bonds.